The molecule has 0 bridgehead atoms. The Labute approximate surface area is 132 Å². The van der Waals surface area contributed by atoms with Crippen molar-refractivity contribution >= 4 is 12.2 Å². The van der Waals surface area contributed by atoms with Gasteiger partial charge in [-0.15, -0.1) is 0 Å². The van der Waals surface area contributed by atoms with Gasteiger partial charge in [0.25, 0.3) is 0 Å². The molecule has 1 N–H and O–H groups in total. The fourth-order valence-corrected chi connectivity index (χ4v) is 3.00. The van der Waals surface area contributed by atoms with Crippen molar-refractivity contribution < 1.29 is 9.59 Å². The number of hydrogen-bond acceptors (Lipinski definition) is 4. The van der Waals surface area contributed by atoms with E-state index in [0.29, 0.717) is 18.0 Å². The van der Waals surface area contributed by atoms with Gasteiger partial charge in [0.2, 0.25) is 5.91 Å². The molecule has 1 aromatic rings. The molecule has 5 heteroatoms. The van der Waals surface area contributed by atoms with E-state index in [1.807, 2.05) is 0 Å². The van der Waals surface area contributed by atoms with Crippen LogP contribution in [0, 0.1) is 0 Å². The molecule has 1 aliphatic heterocycles. The summed E-state index contributed by atoms with van der Waals surface area (Å²) in [7, 11) is 0. The quantitative estimate of drug-likeness (QED) is 0.744. The number of pyridine rings is 1. The Hall–Kier alpha value is -1.75. The van der Waals surface area contributed by atoms with E-state index in [-0.39, 0.29) is 5.91 Å². The number of aryl methyl sites for hydroxylation is 1. The average Bonchev–Trinajstić information content (AvgIpc) is 3.00. The second-order valence-electron chi connectivity index (χ2n) is 5.78. The molecule has 0 aliphatic carbocycles. The lowest BCUT2D eigenvalue weighted by atomic mass is 10.1. The Balaban J connectivity index is 1.66. The van der Waals surface area contributed by atoms with E-state index < -0.39 is 0 Å². The summed E-state index contributed by atoms with van der Waals surface area (Å²) >= 11 is 0. The molecule has 22 heavy (non-hydrogen) atoms. The van der Waals surface area contributed by atoms with Gasteiger partial charge < -0.3 is 5.32 Å². The van der Waals surface area contributed by atoms with Crippen LogP contribution in [0.4, 0.5) is 0 Å². The van der Waals surface area contributed by atoms with Crippen molar-refractivity contribution in [2.45, 2.75) is 45.1 Å². The second kappa shape index (κ2) is 8.63. The maximum Gasteiger partial charge on any atom is 0.220 e. The van der Waals surface area contributed by atoms with Crippen molar-refractivity contribution in [1.29, 1.82) is 0 Å². The van der Waals surface area contributed by atoms with Crippen LogP contribution >= 0.6 is 0 Å². The maximum absolute atomic E-state index is 11.9. The lowest BCUT2D eigenvalue weighted by molar-refractivity contribution is -0.121. The number of likely N-dealkylation sites (N-methyl/N-ethyl adjacent to an activating group) is 1. The summed E-state index contributed by atoms with van der Waals surface area (Å²) in [5.41, 5.74) is 1.50. The molecule has 1 fully saturated rings. The van der Waals surface area contributed by atoms with Crippen molar-refractivity contribution in [2.75, 3.05) is 19.6 Å². The van der Waals surface area contributed by atoms with Crippen molar-refractivity contribution in [3.63, 3.8) is 0 Å². The third-order valence-electron chi connectivity index (χ3n) is 4.25. The number of aromatic nitrogens is 1. The smallest absolute Gasteiger partial charge is 0.220 e. The number of nitrogens with zero attached hydrogens (tertiary/aromatic N) is 2. The van der Waals surface area contributed by atoms with E-state index in [1.54, 1.807) is 18.3 Å². The Morgan fingerprint density at radius 2 is 2.41 bits per heavy atom. The number of aldehydes is 1. The number of hydrogen-bond donors (Lipinski definition) is 1. The molecule has 0 saturated carbocycles. The minimum Gasteiger partial charge on any atom is -0.355 e. The van der Waals surface area contributed by atoms with Gasteiger partial charge in [-0.05, 0) is 50.9 Å². The Kier molecular flexibility index (Phi) is 6.52. The molecule has 1 unspecified atom stereocenters. The monoisotopic (exact) mass is 303 g/mol. The van der Waals surface area contributed by atoms with Gasteiger partial charge in [0.05, 0.1) is 0 Å². The van der Waals surface area contributed by atoms with Crippen LogP contribution in [0.25, 0.3) is 0 Å². The molecule has 0 radical (unpaired) electrons. The van der Waals surface area contributed by atoms with Gasteiger partial charge in [-0.3, -0.25) is 19.5 Å². The van der Waals surface area contributed by atoms with E-state index >= 15 is 0 Å². The highest BCUT2D eigenvalue weighted by Gasteiger charge is 2.22. The molecular weight excluding hydrogens is 278 g/mol. The normalized spacial score (nSPS) is 18.3. The van der Waals surface area contributed by atoms with Crippen molar-refractivity contribution in [3.8, 4) is 0 Å². The molecule has 2 rings (SSSR count). The van der Waals surface area contributed by atoms with Gasteiger partial charge in [0.15, 0.2) is 0 Å². The highest BCUT2D eigenvalue weighted by Crippen LogP contribution is 2.15. The summed E-state index contributed by atoms with van der Waals surface area (Å²) in [5, 5.41) is 3.04. The highest BCUT2D eigenvalue weighted by molar-refractivity contribution is 5.76. The van der Waals surface area contributed by atoms with Gasteiger partial charge in [0.1, 0.15) is 6.29 Å². The Morgan fingerprint density at radius 3 is 3.18 bits per heavy atom. The average molecular weight is 303 g/mol. The first-order valence-electron chi connectivity index (χ1n) is 8.13. The van der Waals surface area contributed by atoms with Crippen molar-refractivity contribution in [1.82, 2.24) is 15.2 Å². The molecule has 1 amide bonds. The van der Waals surface area contributed by atoms with E-state index in [1.165, 1.54) is 12.8 Å². The maximum atomic E-state index is 11.9. The van der Waals surface area contributed by atoms with Crippen molar-refractivity contribution in [3.05, 3.63) is 29.6 Å². The molecule has 0 aromatic carbocycles. The number of carbonyl (C=O) groups is 2. The molecule has 2 heterocycles. The zero-order chi connectivity index (χ0) is 15.8. The number of nitrogens with one attached hydrogen (secondary N) is 1. The number of rotatable bonds is 8. The van der Waals surface area contributed by atoms with Crippen LogP contribution in [-0.2, 0) is 11.2 Å². The van der Waals surface area contributed by atoms with Crippen LogP contribution in [0.2, 0.25) is 0 Å². The van der Waals surface area contributed by atoms with E-state index in [4.69, 9.17) is 0 Å². The molecule has 5 nitrogen and oxygen atoms in total. The summed E-state index contributed by atoms with van der Waals surface area (Å²) < 4.78 is 0. The minimum absolute atomic E-state index is 0.106. The lowest BCUT2D eigenvalue weighted by Crippen LogP contribution is -2.39. The van der Waals surface area contributed by atoms with Crippen LogP contribution in [-0.4, -0.2) is 47.8 Å². The third kappa shape index (κ3) is 4.91. The first-order chi connectivity index (χ1) is 10.7. The van der Waals surface area contributed by atoms with Gasteiger partial charge in [0, 0.05) is 36.5 Å². The first kappa shape index (κ1) is 16.6. The molecule has 1 atom stereocenters. The predicted molar refractivity (Wildman–Crippen MR) is 85.8 cm³/mol. The second-order valence-corrected chi connectivity index (χ2v) is 5.78. The third-order valence-corrected chi connectivity index (χ3v) is 4.25. The van der Waals surface area contributed by atoms with Gasteiger partial charge in [-0.2, -0.15) is 0 Å². The number of likely N-dealkylation sites (tertiary alicyclic amines) is 1. The van der Waals surface area contributed by atoms with Crippen LogP contribution < -0.4 is 5.32 Å². The van der Waals surface area contributed by atoms with Gasteiger partial charge >= 0.3 is 0 Å². The van der Waals surface area contributed by atoms with Crippen molar-refractivity contribution in [2.24, 2.45) is 0 Å². The van der Waals surface area contributed by atoms with Crippen LogP contribution in [0.5, 0.6) is 0 Å². The van der Waals surface area contributed by atoms with E-state index in [0.717, 1.165) is 44.5 Å². The number of carbonyl (C=O) groups excluding carboxylic acids is 2. The van der Waals surface area contributed by atoms with Gasteiger partial charge in [-0.25, -0.2) is 0 Å². The van der Waals surface area contributed by atoms with Crippen LogP contribution in [0.15, 0.2) is 18.3 Å². The number of amides is 1. The first-order valence-corrected chi connectivity index (χ1v) is 8.13. The highest BCUT2D eigenvalue weighted by atomic mass is 16.1. The topological polar surface area (TPSA) is 62.3 Å². The van der Waals surface area contributed by atoms with E-state index in [2.05, 4.69) is 22.1 Å². The van der Waals surface area contributed by atoms with Crippen LogP contribution in [0.1, 0.15) is 48.7 Å². The predicted octanol–water partition coefficient (Wildman–Crippen LogP) is 1.82. The SMILES string of the molecule is CCN1CCCC1CNC(=O)CCCc1cc(C=O)ccn1. The molecule has 1 aromatic heterocycles. The zero-order valence-corrected chi connectivity index (χ0v) is 13.3. The molecule has 120 valence electrons. The summed E-state index contributed by atoms with van der Waals surface area (Å²) in [4.78, 5) is 29.3. The summed E-state index contributed by atoms with van der Waals surface area (Å²) in [6.45, 7) is 5.13. The largest absolute Gasteiger partial charge is 0.355 e. The molecule has 0 spiro atoms. The molecule has 1 aliphatic rings. The fourth-order valence-electron chi connectivity index (χ4n) is 3.00. The van der Waals surface area contributed by atoms with Crippen LogP contribution in [0.3, 0.4) is 0 Å². The Morgan fingerprint density at radius 1 is 1.55 bits per heavy atom. The lowest BCUT2D eigenvalue weighted by Gasteiger charge is -2.22. The van der Waals surface area contributed by atoms with E-state index in [9.17, 15) is 9.59 Å². The zero-order valence-electron chi connectivity index (χ0n) is 13.3. The molecule has 1 saturated heterocycles. The summed E-state index contributed by atoms with van der Waals surface area (Å²) in [6, 6.07) is 3.97. The minimum atomic E-state index is 0.106. The fraction of sp³-hybridized carbons (Fsp3) is 0.588. The van der Waals surface area contributed by atoms with Gasteiger partial charge in [-0.1, -0.05) is 6.92 Å². The summed E-state index contributed by atoms with van der Waals surface area (Å²) in [6.07, 6.45) is 6.84. The summed E-state index contributed by atoms with van der Waals surface area (Å²) in [5.74, 6) is 0.106. The Bertz CT molecular complexity index is 504. The molecular formula is C17H25N3O2. The standard InChI is InChI=1S/C17H25N3O2/c1-2-20-10-4-6-16(20)12-19-17(22)7-3-5-15-11-14(13-21)8-9-18-15/h8-9,11,13,16H,2-7,10,12H2,1H3,(H,19,22).